The number of aliphatic hydroxyl groups is 1. The molecule has 3 rings (SSSR count). The van der Waals surface area contributed by atoms with E-state index in [-0.39, 0.29) is 17.6 Å². The number of rotatable bonds is 2. The van der Waals surface area contributed by atoms with Crippen LogP contribution < -0.4 is 10.1 Å². The molecule has 2 atom stereocenters. The number of amides is 2. The number of likely N-dealkylation sites (tertiary alicyclic amines) is 1. The molecule has 1 aliphatic heterocycles. The molecular weight excluding hydrogens is 316 g/mol. The van der Waals surface area contributed by atoms with Gasteiger partial charge in [-0.3, -0.25) is 0 Å². The molecule has 6 heteroatoms. The van der Waals surface area contributed by atoms with Crippen molar-refractivity contribution in [1.29, 1.82) is 0 Å². The lowest BCUT2D eigenvalue weighted by Crippen LogP contribution is -2.50. The Hall–Kier alpha value is -1.46. The van der Waals surface area contributed by atoms with Gasteiger partial charge in [0.05, 0.1) is 18.2 Å². The highest BCUT2D eigenvalue weighted by Crippen LogP contribution is 2.45. The molecule has 0 radical (unpaired) electrons. The van der Waals surface area contributed by atoms with Crippen molar-refractivity contribution in [3.05, 3.63) is 23.2 Å². The molecule has 1 aromatic rings. The maximum Gasteiger partial charge on any atom is 0.321 e. The number of hydrogen-bond donors (Lipinski definition) is 2. The summed E-state index contributed by atoms with van der Waals surface area (Å²) >= 11 is 6.09. The Bertz CT molecular complexity index is 595. The van der Waals surface area contributed by atoms with Crippen LogP contribution in [-0.4, -0.2) is 42.3 Å². The zero-order valence-electron chi connectivity index (χ0n) is 13.3. The average Bonchev–Trinajstić information content (AvgIpc) is 2.88. The number of halogens is 1. The van der Waals surface area contributed by atoms with Gasteiger partial charge in [0.15, 0.2) is 0 Å². The molecule has 2 aliphatic rings. The Balaban J connectivity index is 1.67. The van der Waals surface area contributed by atoms with Crippen LogP contribution in [0.3, 0.4) is 0 Å². The number of anilines is 1. The highest BCUT2D eigenvalue weighted by Gasteiger charge is 2.45. The molecule has 1 spiro atoms. The minimum atomic E-state index is -0.284. The van der Waals surface area contributed by atoms with E-state index in [0.717, 1.165) is 38.6 Å². The molecule has 1 saturated heterocycles. The van der Waals surface area contributed by atoms with Crippen LogP contribution in [0.2, 0.25) is 5.02 Å². The Labute approximate surface area is 141 Å². The molecule has 126 valence electrons. The monoisotopic (exact) mass is 338 g/mol. The van der Waals surface area contributed by atoms with Gasteiger partial charge in [0.2, 0.25) is 0 Å². The van der Waals surface area contributed by atoms with Crippen LogP contribution in [-0.2, 0) is 0 Å². The molecular formula is C17H23ClN2O3. The first-order valence-corrected chi connectivity index (χ1v) is 8.49. The Kier molecular flexibility index (Phi) is 4.69. The Morgan fingerprint density at radius 2 is 2.22 bits per heavy atom. The number of methoxy groups -OCH3 is 1. The fraction of sp³-hybridized carbons (Fsp3) is 0.588. The fourth-order valence-electron chi connectivity index (χ4n) is 3.88. The highest BCUT2D eigenvalue weighted by atomic mass is 35.5. The summed E-state index contributed by atoms with van der Waals surface area (Å²) in [6.07, 6.45) is 4.56. The first-order valence-electron chi connectivity index (χ1n) is 8.12. The Morgan fingerprint density at radius 3 is 2.87 bits per heavy atom. The van der Waals surface area contributed by atoms with Crippen LogP contribution in [0.5, 0.6) is 5.75 Å². The first-order chi connectivity index (χ1) is 11.0. The molecule has 2 fully saturated rings. The summed E-state index contributed by atoms with van der Waals surface area (Å²) in [6, 6.07) is 5.05. The van der Waals surface area contributed by atoms with Gasteiger partial charge in [-0.15, -0.1) is 0 Å². The summed E-state index contributed by atoms with van der Waals surface area (Å²) < 4.78 is 5.11. The molecule has 1 aromatic carbocycles. The van der Waals surface area contributed by atoms with Crippen molar-refractivity contribution in [3.8, 4) is 5.75 Å². The second-order valence-corrected chi connectivity index (χ2v) is 6.98. The smallest absolute Gasteiger partial charge is 0.321 e. The summed E-state index contributed by atoms with van der Waals surface area (Å²) in [4.78, 5) is 14.4. The third kappa shape index (κ3) is 3.26. The van der Waals surface area contributed by atoms with Crippen molar-refractivity contribution in [2.75, 3.05) is 25.5 Å². The standard InChI is InChI=1S/C17H23ClN2O3/c1-23-14-6-5-12(10-13(14)18)19-16(22)20-9-3-8-17(11-20)7-2-4-15(17)21/h5-6,10,15,21H,2-4,7-9,11H2,1H3,(H,19,22)/t15-,17+/m1/s1. The third-order valence-corrected chi connectivity index (χ3v) is 5.45. The van der Waals surface area contributed by atoms with Crippen molar-refractivity contribution in [1.82, 2.24) is 4.90 Å². The minimum Gasteiger partial charge on any atom is -0.495 e. The van der Waals surface area contributed by atoms with Crippen molar-refractivity contribution in [3.63, 3.8) is 0 Å². The largest absolute Gasteiger partial charge is 0.495 e. The van der Waals surface area contributed by atoms with Gasteiger partial charge in [-0.1, -0.05) is 18.0 Å². The van der Waals surface area contributed by atoms with Crippen molar-refractivity contribution >= 4 is 23.3 Å². The number of nitrogens with zero attached hydrogens (tertiary/aromatic N) is 1. The van der Waals surface area contributed by atoms with E-state index < -0.39 is 0 Å². The zero-order valence-corrected chi connectivity index (χ0v) is 14.1. The van der Waals surface area contributed by atoms with Gasteiger partial charge in [0, 0.05) is 24.2 Å². The molecule has 23 heavy (non-hydrogen) atoms. The lowest BCUT2D eigenvalue weighted by molar-refractivity contribution is 0.00400. The quantitative estimate of drug-likeness (QED) is 0.867. The summed E-state index contributed by atoms with van der Waals surface area (Å²) in [6.45, 7) is 1.36. The number of benzene rings is 1. The SMILES string of the molecule is COc1ccc(NC(=O)N2CCC[C@@]3(CCC[C@H]3O)C2)cc1Cl. The number of carbonyl (C=O) groups is 1. The van der Waals surface area contributed by atoms with Crippen molar-refractivity contribution < 1.29 is 14.6 Å². The number of nitrogens with one attached hydrogen (secondary N) is 1. The predicted molar refractivity (Wildman–Crippen MR) is 90.1 cm³/mol. The molecule has 2 amide bonds. The number of carbonyl (C=O) groups excluding carboxylic acids is 1. The van der Waals surface area contributed by atoms with Crippen LogP contribution in [0, 0.1) is 5.41 Å². The molecule has 2 N–H and O–H groups in total. The van der Waals surface area contributed by atoms with E-state index in [0.29, 0.717) is 23.0 Å². The first kappa shape index (κ1) is 16.4. The number of urea groups is 1. The van der Waals surface area contributed by atoms with Crippen molar-refractivity contribution in [2.45, 2.75) is 38.2 Å². The summed E-state index contributed by atoms with van der Waals surface area (Å²) in [5.74, 6) is 0.579. The maximum absolute atomic E-state index is 12.5. The number of ether oxygens (including phenoxy) is 1. The topological polar surface area (TPSA) is 61.8 Å². The lowest BCUT2D eigenvalue weighted by atomic mass is 9.77. The van der Waals surface area contributed by atoms with Gasteiger partial charge in [-0.2, -0.15) is 0 Å². The number of piperidine rings is 1. The molecule has 0 unspecified atom stereocenters. The van der Waals surface area contributed by atoms with E-state index in [1.165, 1.54) is 0 Å². The van der Waals surface area contributed by atoms with Gasteiger partial charge in [0.25, 0.3) is 0 Å². The van der Waals surface area contributed by atoms with Crippen LogP contribution in [0.4, 0.5) is 10.5 Å². The van der Waals surface area contributed by atoms with Crippen LogP contribution in [0.1, 0.15) is 32.1 Å². The summed E-state index contributed by atoms with van der Waals surface area (Å²) in [5, 5.41) is 13.7. The number of hydrogen-bond acceptors (Lipinski definition) is 3. The van der Waals surface area contributed by atoms with E-state index in [1.54, 1.807) is 25.3 Å². The highest BCUT2D eigenvalue weighted by molar-refractivity contribution is 6.32. The molecule has 0 bridgehead atoms. The average molecular weight is 339 g/mol. The predicted octanol–water partition coefficient (Wildman–Crippen LogP) is 3.51. The van der Waals surface area contributed by atoms with Crippen LogP contribution in [0.25, 0.3) is 0 Å². The van der Waals surface area contributed by atoms with Gasteiger partial charge in [-0.05, 0) is 43.9 Å². The normalized spacial score (nSPS) is 27.3. The molecule has 1 saturated carbocycles. The molecule has 5 nitrogen and oxygen atoms in total. The van der Waals surface area contributed by atoms with E-state index >= 15 is 0 Å². The van der Waals surface area contributed by atoms with E-state index in [2.05, 4.69) is 5.32 Å². The fourth-order valence-corrected chi connectivity index (χ4v) is 4.13. The second kappa shape index (κ2) is 6.57. The van der Waals surface area contributed by atoms with Gasteiger partial charge < -0.3 is 20.1 Å². The van der Waals surface area contributed by atoms with Gasteiger partial charge >= 0.3 is 6.03 Å². The molecule has 1 aliphatic carbocycles. The third-order valence-electron chi connectivity index (χ3n) is 5.16. The van der Waals surface area contributed by atoms with Gasteiger partial charge in [0.1, 0.15) is 5.75 Å². The number of aliphatic hydroxyl groups excluding tert-OH is 1. The minimum absolute atomic E-state index is 0.104. The Morgan fingerprint density at radius 1 is 1.43 bits per heavy atom. The lowest BCUT2D eigenvalue weighted by Gasteiger charge is -2.42. The molecule has 1 heterocycles. The van der Waals surface area contributed by atoms with E-state index in [4.69, 9.17) is 16.3 Å². The molecule has 0 aromatic heterocycles. The van der Waals surface area contributed by atoms with E-state index in [9.17, 15) is 9.90 Å². The zero-order chi connectivity index (χ0) is 16.4. The van der Waals surface area contributed by atoms with E-state index in [1.807, 2.05) is 4.90 Å². The summed E-state index contributed by atoms with van der Waals surface area (Å²) in [5.41, 5.74) is 0.542. The van der Waals surface area contributed by atoms with Crippen molar-refractivity contribution in [2.24, 2.45) is 5.41 Å². The van der Waals surface area contributed by atoms with Crippen LogP contribution in [0.15, 0.2) is 18.2 Å². The summed E-state index contributed by atoms with van der Waals surface area (Å²) in [7, 11) is 1.56. The maximum atomic E-state index is 12.5. The van der Waals surface area contributed by atoms with Gasteiger partial charge in [-0.25, -0.2) is 4.79 Å². The van der Waals surface area contributed by atoms with Crippen LogP contribution >= 0.6 is 11.6 Å². The second-order valence-electron chi connectivity index (χ2n) is 6.57.